The van der Waals surface area contributed by atoms with Gasteiger partial charge in [-0.3, -0.25) is 4.79 Å². The Bertz CT molecular complexity index is 969. The molecule has 0 aliphatic rings. The van der Waals surface area contributed by atoms with Crippen LogP contribution in [-0.4, -0.2) is 27.7 Å². The molecule has 0 saturated carbocycles. The van der Waals surface area contributed by atoms with Gasteiger partial charge in [0, 0.05) is 5.69 Å². The Morgan fingerprint density at radius 2 is 2.23 bits per heavy atom. The highest BCUT2D eigenvalue weighted by Gasteiger charge is 2.14. The third-order valence-corrected chi connectivity index (χ3v) is 4.72. The Morgan fingerprint density at radius 3 is 2.88 bits per heavy atom. The van der Waals surface area contributed by atoms with Gasteiger partial charge in [-0.1, -0.05) is 11.6 Å². The summed E-state index contributed by atoms with van der Waals surface area (Å²) in [6.45, 7) is 0.339. The Kier molecular flexibility index (Phi) is 5.19. The molecule has 0 fully saturated rings. The highest BCUT2D eigenvalue weighted by atomic mass is 35.5. The summed E-state index contributed by atoms with van der Waals surface area (Å²) < 4.78 is 6.52. The van der Waals surface area contributed by atoms with Crippen LogP contribution in [0.15, 0.2) is 41.9 Å². The van der Waals surface area contributed by atoms with Crippen LogP contribution in [-0.2, 0) is 6.54 Å². The zero-order valence-corrected chi connectivity index (χ0v) is 15.1. The molecule has 2 aromatic heterocycles. The molecule has 0 spiro atoms. The second-order valence-electron chi connectivity index (χ2n) is 5.25. The van der Waals surface area contributed by atoms with Gasteiger partial charge < -0.3 is 20.2 Å². The van der Waals surface area contributed by atoms with Gasteiger partial charge in [0.15, 0.2) is 0 Å². The summed E-state index contributed by atoms with van der Waals surface area (Å²) in [4.78, 5) is 23.0. The lowest BCUT2D eigenvalue weighted by molar-refractivity contribution is -0.389. The third kappa shape index (κ3) is 4.01. The zero-order valence-electron chi connectivity index (χ0n) is 13.5. The van der Waals surface area contributed by atoms with Crippen LogP contribution in [0.25, 0.3) is 0 Å². The molecular formula is C16H13ClN4O4S. The van der Waals surface area contributed by atoms with E-state index in [9.17, 15) is 14.9 Å². The predicted octanol–water partition coefficient (Wildman–Crippen LogP) is 3.82. The summed E-state index contributed by atoms with van der Waals surface area (Å²) >= 11 is 7.32. The molecule has 0 aliphatic heterocycles. The van der Waals surface area contributed by atoms with Crippen molar-refractivity contribution in [2.75, 3.05) is 12.4 Å². The van der Waals surface area contributed by atoms with E-state index in [1.165, 1.54) is 35.4 Å². The van der Waals surface area contributed by atoms with Gasteiger partial charge in [-0.25, -0.2) is 0 Å². The van der Waals surface area contributed by atoms with E-state index in [0.717, 1.165) is 5.56 Å². The number of amides is 1. The molecule has 1 aromatic carbocycles. The highest BCUT2D eigenvalue weighted by molar-refractivity contribution is 7.12. The average Bonchev–Trinajstić information content (AvgIpc) is 3.25. The van der Waals surface area contributed by atoms with Gasteiger partial charge in [0.05, 0.1) is 40.9 Å². The molecule has 134 valence electrons. The van der Waals surface area contributed by atoms with E-state index in [-0.39, 0.29) is 11.7 Å². The maximum Gasteiger partial charge on any atom is 0.389 e. The van der Waals surface area contributed by atoms with Crippen molar-refractivity contribution in [2.45, 2.75) is 6.54 Å². The number of benzene rings is 1. The maximum absolute atomic E-state index is 12.4. The summed E-state index contributed by atoms with van der Waals surface area (Å²) in [6, 6.07) is 8.02. The van der Waals surface area contributed by atoms with Gasteiger partial charge in [-0.15, -0.1) is 11.3 Å². The average molecular weight is 393 g/mol. The van der Waals surface area contributed by atoms with Gasteiger partial charge in [0.25, 0.3) is 5.91 Å². The number of nitrogens with one attached hydrogen (secondary N) is 1. The van der Waals surface area contributed by atoms with E-state index >= 15 is 0 Å². The molecule has 0 radical (unpaired) electrons. The van der Waals surface area contributed by atoms with Crippen molar-refractivity contribution in [1.29, 1.82) is 0 Å². The van der Waals surface area contributed by atoms with E-state index < -0.39 is 4.92 Å². The topological polar surface area (TPSA) is 99.3 Å². The second-order valence-corrected chi connectivity index (χ2v) is 6.57. The smallest absolute Gasteiger partial charge is 0.389 e. The van der Waals surface area contributed by atoms with Gasteiger partial charge in [-0.2, -0.15) is 4.68 Å². The highest BCUT2D eigenvalue weighted by Crippen LogP contribution is 2.28. The summed E-state index contributed by atoms with van der Waals surface area (Å²) in [5.74, 6) is 0.0416. The minimum absolute atomic E-state index is 0.213. The SMILES string of the molecule is COc1ccc(NC(=O)c2cc(Cn3ccc([N+](=O)[O-])n3)cs2)cc1Cl. The number of rotatable bonds is 6. The number of carbonyl (C=O) groups excluding carboxylic acids is 1. The first-order chi connectivity index (χ1) is 12.5. The fourth-order valence-corrected chi connectivity index (χ4v) is 3.29. The van der Waals surface area contributed by atoms with Crippen LogP contribution >= 0.6 is 22.9 Å². The van der Waals surface area contributed by atoms with Crippen LogP contribution in [0.3, 0.4) is 0 Å². The molecule has 0 saturated heterocycles. The Labute approximate surface area is 157 Å². The monoisotopic (exact) mass is 392 g/mol. The molecule has 3 aromatic rings. The summed E-state index contributed by atoms with van der Waals surface area (Å²) in [5.41, 5.74) is 1.38. The Morgan fingerprint density at radius 1 is 1.42 bits per heavy atom. The number of ether oxygens (including phenoxy) is 1. The van der Waals surface area contributed by atoms with E-state index in [0.29, 0.717) is 27.9 Å². The third-order valence-electron chi connectivity index (χ3n) is 3.45. The number of thiophene rings is 1. The molecule has 0 bridgehead atoms. The normalized spacial score (nSPS) is 10.5. The minimum atomic E-state index is -0.553. The minimum Gasteiger partial charge on any atom is -0.495 e. The van der Waals surface area contributed by atoms with Gasteiger partial charge >= 0.3 is 5.82 Å². The predicted molar refractivity (Wildman–Crippen MR) is 98.3 cm³/mol. The van der Waals surface area contributed by atoms with Gasteiger partial charge in [0.1, 0.15) is 5.75 Å². The van der Waals surface area contributed by atoms with Crippen LogP contribution < -0.4 is 10.1 Å². The molecule has 8 nitrogen and oxygen atoms in total. The quantitative estimate of drug-likeness (QED) is 0.507. The van der Waals surface area contributed by atoms with Crippen LogP contribution in [0.4, 0.5) is 11.5 Å². The first-order valence-corrected chi connectivity index (χ1v) is 8.62. The first-order valence-electron chi connectivity index (χ1n) is 7.36. The second kappa shape index (κ2) is 7.54. The molecule has 2 heterocycles. The van der Waals surface area contributed by atoms with E-state index in [2.05, 4.69) is 10.4 Å². The molecule has 26 heavy (non-hydrogen) atoms. The van der Waals surface area contributed by atoms with Gasteiger partial charge in [-0.05, 0) is 40.1 Å². The van der Waals surface area contributed by atoms with Crippen molar-refractivity contribution in [1.82, 2.24) is 9.78 Å². The summed E-state index contributed by atoms with van der Waals surface area (Å²) in [5, 5.41) is 19.5. The summed E-state index contributed by atoms with van der Waals surface area (Å²) in [6.07, 6.45) is 1.52. The first kappa shape index (κ1) is 17.9. The molecule has 10 heteroatoms. The number of methoxy groups -OCH3 is 1. The number of nitro groups is 1. The van der Waals surface area contributed by atoms with Crippen molar-refractivity contribution in [2.24, 2.45) is 0 Å². The lowest BCUT2D eigenvalue weighted by Crippen LogP contribution is -2.10. The molecule has 0 aliphatic carbocycles. The number of hydrogen-bond acceptors (Lipinski definition) is 6. The van der Waals surface area contributed by atoms with Crippen molar-refractivity contribution >= 4 is 40.4 Å². The lowest BCUT2D eigenvalue weighted by Gasteiger charge is -2.07. The van der Waals surface area contributed by atoms with Gasteiger partial charge in [0.2, 0.25) is 0 Å². The largest absolute Gasteiger partial charge is 0.495 e. The number of aromatic nitrogens is 2. The molecule has 0 atom stereocenters. The lowest BCUT2D eigenvalue weighted by atomic mass is 10.2. The zero-order chi connectivity index (χ0) is 18.7. The number of halogens is 1. The van der Waals surface area contributed by atoms with Crippen LogP contribution in [0.1, 0.15) is 15.2 Å². The van der Waals surface area contributed by atoms with Crippen LogP contribution in [0, 0.1) is 10.1 Å². The Hall–Kier alpha value is -2.91. The van der Waals surface area contributed by atoms with E-state index in [1.807, 2.05) is 5.38 Å². The maximum atomic E-state index is 12.4. The fourth-order valence-electron chi connectivity index (χ4n) is 2.24. The van der Waals surface area contributed by atoms with Crippen molar-refractivity contribution in [3.8, 4) is 5.75 Å². The number of anilines is 1. The van der Waals surface area contributed by atoms with E-state index in [4.69, 9.17) is 16.3 Å². The van der Waals surface area contributed by atoms with Crippen LogP contribution in [0.5, 0.6) is 5.75 Å². The van der Waals surface area contributed by atoms with E-state index in [1.54, 1.807) is 24.3 Å². The fraction of sp³-hybridized carbons (Fsp3) is 0.125. The van der Waals surface area contributed by atoms with Crippen molar-refractivity contribution in [3.05, 3.63) is 67.5 Å². The number of carbonyl (C=O) groups is 1. The van der Waals surface area contributed by atoms with Crippen molar-refractivity contribution in [3.63, 3.8) is 0 Å². The summed E-state index contributed by atoms with van der Waals surface area (Å²) in [7, 11) is 1.51. The Balaban J connectivity index is 1.67. The molecular weight excluding hydrogens is 380 g/mol. The molecule has 0 unspecified atom stereocenters. The standard InChI is InChI=1S/C16H13ClN4O4S/c1-25-13-3-2-11(7-12(13)17)18-16(22)14-6-10(9-26-14)8-20-5-4-15(19-20)21(23)24/h2-7,9H,8H2,1H3,(H,18,22). The molecule has 3 rings (SSSR count). The molecule has 1 amide bonds. The number of hydrogen-bond donors (Lipinski definition) is 1. The molecule has 1 N–H and O–H groups in total. The van der Waals surface area contributed by atoms with Crippen LogP contribution in [0.2, 0.25) is 5.02 Å². The number of nitrogens with zero attached hydrogens (tertiary/aromatic N) is 3. The van der Waals surface area contributed by atoms with Crippen molar-refractivity contribution < 1.29 is 14.5 Å².